The first kappa shape index (κ1) is 11.4. The molecule has 0 heterocycles. The van der Waals surface area contributed by atoms with Crippen molar-refractivity contribution in [1.29, 1.82) is 0 Å². The van der Waals surface area contributed by atoms with Crippen LogP contribution in [0.25, 0.3) is 0 Å². The van der Waals surface area contributed by atoms with E-state index < -0.39 is 0 Å². The Morgan fingerprint density at radius 3 is 2.12 bits per heavy atom. The first-order valence-corrected chi connectivity index (χ1v) is 2.50. The molecule has 0 spiro atoms. The van der Waals surface area contributed by atoms with Gasteiger partial charge in [0.2, 0.25) is 0 Å². The van der Waals surface area contributed by atoms with Crippen LogP contribution in [-0.4, -0.2) is 24.4 Å². The van der Waals surface area contributed by atoms with Crippen molar-refractivity contribution in [3.63, 3.8) is 0 Å². The third kappa shape index (κ3) is 9.81. The van der Waals surface area contributed by atoms with Crippen molar-refractivity contribution in [2.75, 3.05) is 13.2 Å². The fourth-order valence-corrected chi connectivity index (χ4v) is 0.288. The van der Waals surface area contributed by atoms with Crippen LogP contribution in [0.2, 0.25) is 0 Å². The van der Waals surface area contributed by atoms with Crippen LogP contribution in [0.15, 0.2) is 0 Å². The van der Waals surface area contributed by atoms with Crippen molar-refractivity contribution >= 4 is 0 Å². The maximum Gasteiger partial charge on any atom is 0.0701 e. The monoisotopic (exact) mass is 152 g/mol. The summed E-state index contributed by atoms with van der Waals surface area (Å²) >= 11 is 0. The summed E-state index contributed by atoms with van der Waals surface area (Å²) in [6, 6.07) is 0. The van der Waals surface area contributed by atoms with Gasteiger partial charge in [0, 0.05) is 21.7 Å². The van der Waals surface area contributed by atoms with Gasteiger partial charge in [-0.05, 0) is 13.8 Å². The van der Waals surface area contributed by atoms with E-state index in [4.69, 9.17) is 9.84 Å². The topological polar surface area (TPSA) is 29.5 Å². The summed E-state index contributed by atoms with van der Waals surface area (Å²) in [6.07, 6.45) is 0.243. The van der Waals surface area contributed by atoms with E-state index in [1.165, 1.54) is 0 Å². The van der Waals surface area contributed by atoms with Crippen molar-refractivity contribution in [3.8, 4) is 0 Å². The zero-order valence-electron chi connectivity index (χ0n) is 5.35. The molecule has 3 heteroatoms. The molecule has 0 unspecified atom stereocenters. The van der Waals surface area contributed by atoms with Crippen LogP contribution in [0.1, 0.15) is 13.8 Å². The average Bonchev–Trinajstić information content (AvgIpc) is 1.61. The molecule has 1 N–H and O–H groups in total. The van der Waals surface area contributed by atoms with E-state index in [2.05, 4.69) is 0 Å². The third-order valence-corrected chi connectivity index (χ3v) is 0.542. The molecule has 0 aliphatic rings. The van der Waals surface area contributed by atoms with E-state index in [-0.39, 0.29) is 34.4 Å². The summed E-state index contributed by atoms with van der Waals surface area (Å²) in [7, 11) is 0. The molecule has 48 valence electrons. The fraction of sp³-hybridized carbons (Fsp3) is 1.00. The van der Waals surface area contributed by atoms with E-state index in [1.54, 1.807) is 0 Å². The van der Waals surface area contributed by atoms with Crippen LogP contribution in [0.5, 0.6) is 0 Å². The Balaban J connectivity index is 0. The number of ether oxygens (including phenoxy) is 1. The summed E-state index contributed by atoms with van der Waals surface area (Å²) in [5.74, 6) is 0. The van der Waals surface area contributed by atoms with Crippen LogP contribution < -0.4 is 0 Å². The van der Waals surface area contributed by atoms with Crippen LogP contribution in [0.4, 0.5) is 0 Å². The molecule has 0 aliphatic carbocycles. The van der Waals surface area contributed by atoms with E-state index in [9.17, 15) is 0 Å². The third-order valence-electron chi connectivity index (χ3n) is 0.542. The van der Waals surface area contributed by atoms with Gasteiger partial charge in [-0.15, -0.1) is 0 Å². The van der Waals surface area contributed by atoms with Crippen molar-refractivity contribution in [2.24, 2.45) is 0 Å². The van der Waals surface area contributed by atoms with Gasteiger partial charge < -0.3 is 9.84 Å². The van der Waals surface area contributed by atoms with Gasteiger partial charge in [-0.25, -0.2) is 0 Å². The van der Waals surface area contributed by atoms with E-state index in [0.29, 0.717) is 6.61 Å². The molecule has 0 saturated heterocycles. The van der Waals surface area contributed by atoms with Gasteiger partial charge in [0.25, 0.3) is 0 Å². The molecule has 0 aromatic heterocycles. The Hall–Kier alpha value is 0.634. The summed E-state index contributed by atoms with van der Waals surface area (Å²) in [5, 5.41) is 8.19. The van der Waals surface area contributed by atoms with Crippen molar-refractivity contribution in [1.82, 2.24) is 0 Å². The summed E-state index contributed by atoms with van der Waals surface area (Å²) in [5.41, 5.74) is 0. The molecule has 0 fully saturated rings. The molecule has 0 aliphatic heterocycles. The van der Waals surface area contributed by atoms with Gasteiger partial charge >= 0.3 is 0 Å². The molecule has 8 heavy (non-hydrogen) atoms. The van der Waals surface area contributed by atoms with Crippen molar-refractivity contribution < 1.29 is 31.6 Å². The van der Waals surface area contributed by atoms with Crippen LogP contribution in [0.3, 0.4) is 0 Å². The molecule has 0 amide bonds. The zero-order valence-corrected chi connectivity index (χ0v) is 6.91. The van der Waals surface area contributed by atoms with Gasteiger partial charge in [0.05, 0.1) is 19.3 Å². The second kappa shape index (κ2) is 7.63. The summed E-state index contributed by atoms with van der Waals surface area (Å²) in [4.78, 5) is 0. The SMILES string of the molecule is CC(C)OCCO.[Ti]. The Bertz CT molecular complexity index is 39.4. The molecule has 0 rings (SSSR count). The van der Waals surface area contributed by atoms with E-state index in [1.807, 2.05) is 13.8 Å². The quantitative estimate of drug-likeness (QED) is 0.593. The van der Waals surface area contributed by atoms with Gasteiger partial charge in [-0.2, -0.15) is 0 Å². The summed E-state index contributed by atoms with van der Waals surface area (Å²) in [6.45, 7) is 4.46. The first-order chi connectivity index (χ1) is 3.27. The molecule has 0 aromatic carbocycles. The minimum absolute atomic E-state index is 0. The average molecular weight is 152 g/mol. The Morgan fingerprint density at radius 2 is 2.00 bits per heavy atom. The Morgan fingerprint density at radius 1 is 1.50 bits per heavy atom. The predicted octanol–water partition coefficient (Wildman–Crippen LogP) is 0.401. The Kier molecular flexibility index (Phi) is 10.9. The molecule has 0 aromatic rings. The number of aliphatic hydroxyl groups excluding tert-OH is 1. The summed E-state index contributed by atoms with van der Waals surface area (Å²) < 4.78 is 4.94. The minimum atomic E-state index is 0. The van der Waals surface area contributed by atoms with Gasteiger partial charge in [-0.1, -0.05) is 0 Å². The van der Waals surface area contributed by atoms with Crippen LogP contribution in [0, 0.1) is 0 Å². The molecule has 0 atom stereocenters. The van der Waals surface area contributed by atoms with Gasteiger partial charge in [0.1, 0.15) is 0 Å². The second-order valence-corrected chi connectivity index (χ2v) is 1.64. The van der Waals surface area contributed by atoms with E-state index in [0.717, 1.165) is 0 Å². The zero-order chi connectivity index (χ0) is 5.70. The first-order valence-electron chi connectivity index (χ1n) is 2.50. The second-order valence-electron chi connectivity index (χ2n) is 1.64. The number of hydrogen-bond acceptors (Lipinski definition) is 2. The molecular weight excluding hydrogens is 140 g/mol. The maximum atomic E-state index is 8.19. The maximum absolute atomic E-state index is 8.19. The molecule has 0 saturated carbocycles. The van der Waals surface area contributed by atoms with Gasteiger partial charge in [-0.3, -0.25) is 0 Å². The van der Waals surface area contributed by atoms with E-state index >= 15 is 0 Å². The number of aliphatic hydroxyl groups is 1. The number of rotatable bonds is 3. The fourth-order valence-electron chi connectivity index (χ4n) is 0.288. The van der Waals surface area contributed by atoms with Crippen LogP contribution >= 0.6 is 0 Å². The van der Waals surface area contributed by atoms with Gasteiger partial charge in [0.15, 0.2) is 0 Å². The predicted molar refractivity (Wildman–Crippen MR) is 28.2 cm³/mol. The minimum Gasteiger partial charge on any atom is -0.394 e. The number of hydrogen-bond donors (Lipinski definition) is 1. The molecule has 0 radical (unpaired) electrons. The largest absolute Gasteiger partial charge is 0.394 e. The molecule has 2 nitrogen and oxygen atoms in total. The Labute approximate surface area is 65.1 Å². The smallest absolute Gasteiger partial charge is 0.0701 e. The van der Waals surface area contributed by atoms with Crippen molar-refractivity contribution in [3.05, 3.63) is 0 Å². The standard InChI is InChI=1S/C5H12O2.Ti/c1-5(2)7-4-3-6;/h5-6H,3-4H2,1-2H3;. The van der Waals surface area contributed by atoms with Crippen LogP contribution in [-0.2, 0) is 26.5 Å². The normalized spacial score (nSPS) is 9.00. The molecule has 0 bridgehead atoms. The molecular formula is C5H12O2Ti. The van der Waals surface area contributed by atoms with Crippen molar-refractivity contribution in [2.45, 2.75) is 20.0 Å².